The summed E-state index contributed by atoms with van der Waals surface area (Å²) in [6.07, 6.45) is 0. The number of thiophene rings is 1. The first kappa shape index (κ1) is 43.3. The molecule has 16 rings (SSSR count). The molecule has 2 aliphatic rings. The van der Waals surface area contributed by atoms with Gasteiger partial charge in [0.05, 0.1) is 22.4 Å². The molecule has 11 aromatic carbocycles. The quantitative estimate of drug-likeness (QED) is 0.161. The van der Waals surface area contributed by atoms with E-state index in [-0.39, 0.29) is 12.1 Å². The lowest BCUT2D eigenvalue weighted by molar-refractivity contribution is 0.591. The number of benzene rings is 11. The fraction of sp³-hybridized carbons (Fsp3) is 0.0571. The zero-order chi connectivity index (χ0) is 50.4. The van der Waals surface area contributed by atoms with Crippen molar-refractivity contribution in [3.63, 3.8) is 0 Å². The molecule has 0 radical (unpaired) electrons. The van der Waals surface area contributed by atoms with Gasteiger partial charge >= 0.3 is 0 Å². The second-order valence-corrected chi connectivity index (χ2v) is 22.6. The van der Waals surface area contributed by atoms with Gasteiger partial charge in [-0.05, 0) is 117 Å². The van der Waals surface area contributed by atoms with Gasteiger partial charge in [0, 0.05) is 75.7 Å². The summed E-state index contributed by atoms with van der Waals surface area (Å²) in [5, 5.41) is 7.32. The summed E-state index contributed by atoms with van der Waals surface area (Å²) in [4.78, 5) is 5.14. The first-order valence-electron chi connectivity index (χ1n) is 26.4. The van der Waals surface area contributed by atoms with E-state index in [0.29, 0.717) is 0 Å². The number of anilines is 6. The zero-order valence-corrected chi connectivity index (χ0v) is 43.1. The summed E-state index contributed by atoms with van der Waals surface area (Å²) in [6, 6.07) is 87.7. The summed E-state index contributed by atoms with van der Waals surface area (Å²) < 4.78 is 12.4. The van der Waals surface area contributed by atoms with Gasteiger partial charge < -0.3 is 18.8 Å². The number of rotatable bonds is 5. The Kier molecular flexibility index (Phi) is 9.23. The van der Waals surface area contributed by atoms with Gasteiger partial charge in [0.25, 0.3) is 6.71 Å². The van der Waals surface area contributed by atoms with E-state index < -0.39 is 0 Å². The lowest BCUT2D eigenvalue weighted by Crippen LogP contribution is -2.61. The fourth-order valence-corrected chi connectivity index (χ4v) is 14.2. The van der Waals surface area contributed by atoms with Crippen LogP contribution in [0.5, 0.6) is 0 Å². The molecule has 5 heterocycles. The molecule has 4 nitrogen and oxygen atoms in total. The number of furan rings is 1. The molecule has 0 saturated carbocycles. The minimum absolute atomic E-state index is 0.000857. The van der Waals surface area contributed by atoms with Crippen LogP contribution >= 0.6 is 11.3 Å². The molecule has 6 heteroatoms. The largest absolute Gasteiger partial charge is 0.454 e. The standard InChI is InChI=1S/C70H48BN3OS/c1-70(2,3)46-35-38-57-53(41-46)50-28-14-18-32-56(50)72(57)48-36-37-54-58(42-48)74(55-31-17-13-27-49(55)44-23-9-5-10-24-44)60-40-45(43-21-7-4-8-22-43)39-59-65(60)71(54)66-67(73(59)47-25-11-6-12-26-47)68-63(51-29-15-19-33-61(51)75-68)64-52-30-16-20-34-62(52)76-69(64)66/h4-42H,1-3H3. The topological polar surface area (TPSA) is 24.6 Å². The highest BCUT2D eigenvalue weighted by Crippen LogP contribution is 2.54. The monoisotopic (exact) mass is 989 g/mol. The Bertz CT molecular complexity index is 4700. The number of hydrogen-bond acceptors (Lipinski definition) is 4. The number of fused-ring (bicyclic) bond motifs is 16. The third kappa shape index (κ3) is 6.19. The van der Waals surface area contributed by atoms with Crippen LogP contribution in [0, 0.1) is 0 Å². The maximum atomic E-state index is 7.37. The van der Waals surface area contributed by atoms with Crippen LogP contribution in [0.15, 0.2) is 241 Å². The van der Waals surface area contributed by atoms with Crippen molar-refractivity contribution in [2.45, 2.75) is 26.2 Å². The highest BCUT2D eigenvalue weighted by molar-refractivity contribution is 7.28. The Labute approximate surface area is 445 Å². The van der Waals surface area contributed by atoms with Crippen molar-refractivity contribution >= 4 is 132 Å². The van der Waals surface area contributed by atoms with Gasteiger partial charge in [-0.2, -0.15) is 0 Å². The van der Waals surface area contributed by atoms with Crippen LogP contribution in [-0.2, 0) is 5.41 Å². The minimum Gasteiger partial charge on any atom is -0.454 e. The maximum Gasteiger partial charge on any atom is 0.254 e. The molecule has 2 aliphatic heterocycles. The van der Waals surface area contributed by atoms with Crippen molar-refractivity contribution in [1.29, 1.82) is 0 Å². The third-order valence-electron chi connectivity index (χ3n) is 16.3. The molecule has 0 amide bonds. The van der Waals surface area contributed by atoms with E-state index >= 15 is 0 Å². The number of nitrogens with zero attached hydrogens (tertiary/aromatic N) is 3. The molecule has 3 aromatic heterocycles. The van der Waals surface area contributed by atoms with Gasteiger partial charge in [0.2, 0.25) is 0 Å². The number of para-hydroxylation sites is 4. The van der Waals surface area contributed by atoms with Crippen molar-refractivity contribution in [3.05, 3.63) is 242 Å². The van der Waals surface area contributed by atoms with Gasteiger partial charge in [-0.1, -0.05) is 185 Å². The summed E-state index contributed by atoms with van der Waals surface area (Å²) in [5.41, 5.74) is 21.7. The molecule has 14 aromatic rings. The predicted molar refractivity (Wildman–Crippen MR) is 325 cm³/mol. The molecule has 0 spiro atoms. The molecular formula is C70H48BN3OS. The SMILES string of the molecule is CC(C)(C)c1ccc2c(c1)c1ccccc1n2-c1ccc2c(c1)N(c1ccccc1-c1ccccc1)c1cc(-c3ccccc3)cc3c1B2c1c(c2oc4ccccc4c2c2c1sc1ccccc12)N3c1ccccc1. The van der Waals surface area contributed by atoms with E-state index in [9.17, 15) is 0 Å². The molecular weight excluding hydrogens is 942 g/mol. The lowest BCUT2D eigenvalue weighted by atomic mass is 9.33. The molecule has 0 unspecified atom stereocenters. The Morgan fingerprint density at radius 1 is 0.434 bits per heavy atom. The van der Waals surface area contributed by atoms with Crippen molar-refractivity contribution in [3.8, 4) is 27.9 Å². The minimum atomic E-state index is -0.186. The molecule has 358 valence electrons. The summed E-state index contributed by atoms with van der Waals surface area (Å²) in [6.45, 7) is 6.73. The van der Waals surface area contributed by atoms with Crippen molar-refractivity contribution < 1.29 is 4.42 Å². The van der Waals surface area contributed by atoms with Gasteiger partial charge in [-0.25, -0.2) is 0 Å². The predicted octanol–water partition coefficient (Wildman–Crippen LogP) is 17.8. The number of hydrogen-bond donors (Lipinski definition) is 0. The van der Waals surface area contributed by atoms with Gasteiger partial charge in [-0.15, -0.1) is 11.3 Å². The lowest BCUT2D eigenvalue weighted by Gasteiger charge is -2.45. The smallest absolute Gasteiger partial charge is 0.254 e. The van der Waals surface area contributed by atoms with Crippen LogP contribution in [0.2, 0.25) is 0 Å². The second kappa shape index (κ2) is 16.2. The Morgan fingerprint density at radius 2 is 1.08 bits per heavy atom. The van der Waals surface area contributed by atoms with E-state index in [2.05, 4.69) is 272 Å². The van der Waals surface area contributed by atoms with E-state index in [1.165, 1.54) is 69.5 Å². The summed E-state index contributed by atoms with van der Waals surface area (Å²) in [5.74, 6) is 0. The highest BCUT2D eigenvalue weighted by Gasteiger charge is 2.47. The van der Waals surface area contributed by atoms with Gasteiger partial charge in [0.15, 0.2) is 5.58 Å². The average molecular weight is 990 g/mol. The van der Waals surface area contributed by atoms with E-state index in [1.807, 2.05) is 11.3 Å². The van der Waals surface area contributed by atoms with Crippen molar-refractivity contribution in [2.75, 3.05) is 9.80 Å². The Balaban J connectivity index is 1.09. The van der Waals surface area contributed by atoms with Crippen LogP contribution in [0.25, 0.3) is 91.9 Å². The second-order valence-electron chi connectivity index (χ2n) is 21.6. The van der Waals surface area contributed by atoms with E-state index in [4.69, 9.17) is 4.42 Å². The van der Waals surface area contributed by atoms with Crippen LogP contribution in [0.3, 0.4) is 0 Å². The fourth-order valence-electron chi connectivity index (χ4n) is 12.9. The van der Waals surface area contributed by atoms with Crippen LogP contribution in [0.4, 0.5) is 34.1 Å². The average Bonchev–Trinajstić information content (AvgIpc) is 4.29. The summed E-state index contributed by atoms with van der Waals surface area (Å²) in [7, 11) is 0. The first-order valence-corrected chi connectivity index (χ1v) is 27.2. The molecule has 0 saturated heterocycles. The van der Waals surface area contributed by atoms with Crippen LogP contribution in [0.1, 0.15) is 26.3 Å². The summed E-state index contributed by atoms with van der Waals surface area (Å²) >= 11 is 1.92. The molecule has 0 N–H and O–H groups in total. The molecule has 0 bridgehead atoms. The molecule has 0 fully saturated rings. The maximum absolute atomic E-state index is 7.37. The third-order valence-corrected chi connectivity index (χ3v) is 17.5. The highest BCUT2D eigenvalue weighted by atomic mass is 32.1. The molecule has 0 atom stereocenters. The Hall–Kier alpha value is -9.10. The van der Waals surface area contributed by atoms with Gasteiger partial charge in [-0.3, -0.25) is 0 Å². The van der Waals surface area contributed by atoms with Gasteiger partial charge in [0.1, 0.15) is 5.58 Å². The van der Waals surface area contributed by atoms with Crippen LogP contribution < -0.4 is 26.2 Å². The molecule has 0 aliphatic carbocycles. The zero-order valence-electron chi connectivity index (χ0n) is 42.3. The van der Waals surface area contributed by atoms with E-state index in [0.717, 1.165) is 78.4 Å². The van der Waals surface area contributed by atoms with Crippen molar-refractivity contribution in [2.24, 2.45) is 0 Å². The Morgan fingerprint density at radius 3 is 1.87 bits per heavy atom. The first-order chi connectivity index (χ1) is 37.4. The molecule has 76 heavy (non-hydrogen) atoms. The normalized spacial score (nSPS) is 13.1. The number of aromatic nitrogens is 1. The van der Waals surface area contributed by atoms with Crippen molar-refractivity contribution in [1.82, 2.24) is 4.57 Å². The van der Waals surface area contributed by atoms with E-state index in [1.54, 1.807) is 0 Å². The van der Waals surface area contributed by atoms with Crippen LogP contribution in [-0.4, -0.2) is 11.3 Å².